The Morgan fingerprint density at radius 2 is 2.00 bits per heavy atom. The SMILES string of the molecule is CC(=O)NN1CCN(C)C(C)(C)C1C. The van der Waals surface area contributed by atoms with E-state index >= 15 is 0 Å². The second-order valence-corrected chi connectivity index (χ2v) is 4.61. The van der Waals surface area contributed by atoms with Crippen molar-refractivity contribution in [2.24, 2.45) is 0 Å². The molecule has 1 atom stereocenters. The molecule has 0 saturated carbocycles. The van der Waals surface area contributed by atoms with E-state index in [2.05, 4.69) is 38.1 Å². The summed E-state index contributed by atoms with van der Waals surface area (Å²) in [5, 5.41) is 2.03. The Hall–Kier alpha value is -0.610. The number of hydrogen-bond acceptors (Lipinski definition) is 3. The van der Waals surface area contributed by atoms with Crippen LogP contribution in [0.3, 0.4) is 0 Å². The fraction of sp³-hybridized carbons (Fsp3) is 0.900. The van der Waals surface area contributed by atoms with E-state index in [1.165, 1.54) is 0 Å². The molecule has 0 aromatic heterocycles. The van der Waals surface area contributed by atoms with Crippen LogP contribution in [0.2, 0.25) is 0 Å². The molecule has 0 spiro atoms. The van der Waals surface area contributed by atoms with Gasteiger partial charge in [-0.25, -0.2) is 5.01 Å². The predicted octanol–water partition coefficient (Wildman–Crippen LogP) is 0.452. The zero-order valence-electron chi connectivity index (χ0n) is 9.79. The van der Waals surface area contributed by atoms with Gasteiger partial charge in [-0.3, -0.25) is 15.1 Å². The predicted molar refractivity (Wildman–Crippen MR) is 56.7 cm³/mol. The number of likely N-dealkylation sites (N-methyl/N-ethyl adjacent to an activating group) is 1. The van der Waals surface area contributed by atoms with E-state index < -0.39 is 0 Å². The lowest BCUT2D eigenvalue weighted by molar-refractivity contribution is -0.129. The number of hydrazine groups is 1. The Morgan fingerprint density at radius 1 is 1.43 bits per heavy atom. The highest BCUT2D eigenvalue weighted by atomic mass is 16.2. The number of rotatable bonds is 1. The lowest BCUT2D eigenvalue weighted by Gasteiger charge is -2.50. The molecule has 1 N–H and O–H groups in total. The maximum Gasteiger partial charge on any atom is 0.231 e. The second kappa shape index (κ2) is 3.87. The van der Waals surface area contributed by atoms with Crippen LogP contribution in [0, 0.1) is 0 Å². The van der Waals surface area contributed by atoms with Crippen LogP contribution in [0.5, 0.6) is 0 Å². The van der Waals surface area contributed by atoms with E-state index in [0.717, 1.165) is 13.1 Å². The Bertz CT molecular complexity index is 227. The van der Waals surface area contributed by atoms with Crippen LogP contribution in [-0.2, 0) is 4.79 Å². The minimum Gasteiger partial charge on any atom is -0.298 e. The molecular weight excluding hydrogens is 178 g/mol. The Balaban J connectivity index is 2.69. The van der Waals surface area contributed by atoms with Crippen molar-refractivity contribution in [1.29, 1.82) is 0 Å². The van der Waals surface area contributed by atoms with E-state index in [1.807, 2.05) is 5.01 Å². The second-order valence-electron chi connectivity index (χ2n) is 4.61. The van der Waals surface area contributed by atoms with Gasteiger partial charge in [-0.2, -0.15) is 0 Å². The van der Waals surface area contributed by atoms with Crippen LogP contribution >= 0.6 is 0 Å². The molecule has 1 rings (SSSR count). The van der Waals surface area contributed by atoms with Gasteiger partial charge in [0.05, 0.1) is 0 Å². The summed E-state index contributed by atoms with van der Waals surface area (Å²) in [6, 6.07) is 0.324. The maximum atomic E-state index is 11.0. The van der Waals surface area contributed by atoms with E-state index in [4.69, 9.17) is 0 Å². The van der Waals surface area contributed by atoms with Gasteiger partial charge in [-0.1, -0.05) is 0 Å². The Labute approximate surface area is 86.2 Å². The molecule has 1 saturated heterocycles. The summed E-state index contributed by atoms with van der Waals surface area (Å²) in [5.41, 5.74) is 2.97. The highest BCUT2D eigenvalue weighted by Gasteiger charge is 2.38. The van der Waals surface area contributed by atoms with Gasteiger partial charge in [0.1, 0.15) is 0 Å². The number of carbonyl (C=O) groups excluding carboxylic acids is 1. The van der Waals surface area contributed by atoms with Crippen molar-refractivity contribution in [3.63, 3.8) is 0 Å². The van der Waals surface area contributed by atoms with E-state index in [0.29, 0.717) is 6.04 Å². The smallest absolute Gasteiger partial charge is 0.231 e. The largest absolute Gasteiger partial charge is 0.298 e. The first-order valence-corrected chi connectivity index (χ1v) is 5.11. The quantitative estimate of drug-likeness (QED) is 0.666. The molecule has 0 aromatic rings. The number of carbonyl (C=O) groups is 1. The van der Waals surface area contributed by atoms with Crippen molar-refractivity contribution in [3.8, 4) is 0 Å². The molecule has 1 heterocycles. The highest BCUT2D eigenvalue weighted by molar-refractivity contribution is 5.72. The van der Waals surface area contributed by atoms with Crippen molar-refractivity contribution in [1.82, 2.24) is 15.3 Å². The minimum atomic E-state index is 0.0113. The van der Waals surface area contributed by atoms with Crippen molar-refractivity contribution in [2.75, 3.05) is 20.1 Å². The number of nitrogens with one attached hydrogen (secondary N) is 1. The Kier molecular flexibility index (Phi) is 3.17. The number of amides is 1. The average Bonchev–Trinajstić information content (AvgIpc) is 2.07. The summed E-state index contributed by atoms with van der Waals surface area (Å²) >= 11 is 0. The fourth-order valence-electron chi connectivity index (χ4n) is 1.79. The first kappa shape index (κ1) is 11.5. The van der Waals surface area contributed by atoms with Gasteiger partial charge in [0.25, 0.3) is 0 Å². The fourth-order valence-corrected chi connectivity index (χ4v) is 1.79. The van der Waals surface area contributed by atoms with Gasteiger partial charge in [0, 0.05) is 31.6 Å². The standard InChI is InChI=1S/C10H21N3O/c1-8-10(3,4)12(5)6-7-13(8)11-9(2)14/h8H,6-7H2,1-5H3,(H,11,14). The highest BCUT2D eigenvalue weighted by Crippen LogP contribution is 2.24. The summed E-state index contributed by atoms with van der Waals surface area (Å²) in [6.07, 6.45) is 0. The number of piperazine rings is 1. The topological polar surface area (TPSA) is 35.6 Å². The maximum absolute atomic E-state index is 11.0. The van der Waals surface area contributed by atoms with Crippen LogP contribution in [0.15, 0.2) is 0 Å². The summed E-state index contributed by atoms with van der Waals surface area (Å²) in [5.74, 6) is 0.0113. The van der Waals surface area contributed by atoms with Crippen molar-refractivity contribution >= 4 is 5.91 Å². The molecule has 1 aliphatic heterocycles. The van der Waals surface area contributed by atoms with Gasteiger partial charge in [0.15, 0.2) is 0 Å². The van der Waals surface area contributed by atoms with Crippen LogP contribution in [-0.4, -0.2) is 47.5 Å². The number of nitrogens with zero attached hydrogens (tertiary/aromatic N) is 2. The molecule has 14 heavy (non-hydrogen) atoms. The Morgan fingerprint density at radius 3 is 2.50 bits per heavy atom. The molecule has 4 nitrogen and oxygen atoms in total. The minimum absolute atomic E-state index is 0.0113. The van der Waals surface area contributed by atoms with Crippen LogP contribution in [0.1, 0.15) is 27.7 Å². The van der Waals surface area contributed by atoms with Gasteiger partial charge < -0.3 is 0 Å². The molecule has 1 unspecified atom stereocenters. The van der Waals surface area contributed by atoms with Gasteiger partial charge in [-0.05, 0) is 27.8 Å². The summed E-state index contributed by atoms with van der Waals surface area (Å²) in [7, 11) is 2.13. The molecule has 1 fully saturated rings. The molecule has 0 radical (unpaired) electrons. The van der Waals surface area contributed by atoms with E-state index in [9.17, 15) is 4.79 Å². The van der Waals surface area contributed by atoms with Crippen LogP contribution in [0.4, 0.5) is 0 Å². The lowest BCUT2D eigenvalue weighted by atomic mass is 9.91. The van der Waals surface area contributed by atoms with Gasteiger partial charge in [0.2, 0.25) is 5.91 Å². The summed E-state index contributed by atoms with van der Waals surface area (Å²) in [6.45, 7) is 9.97. The summed E-state index contributed by atoms with van der Waals surface area (Å²) in [4.78, 5) is 13.3. The summed E-state index contributed by atoms with van der Waals surface area (Å²) < 4.78 is 0. The molecule has 82 valence electrons. The van der Waals surface area contributed by atoms with Crippen LogP contribution in [0.25, 0.3) is 0 Å². The van der Waals surface area contributed by atoms with Gasteiger partial charge >= 0.3 is 0 Å². The zero-order valence-corrected chi connectivity index (χ0v) is 9.79. The van der Waals surface area contributed by atoms with Crippen molar-refractivity contribution < 1.29 is 4.79 Å². The van der Waals surface area contributed by atoms with Crippen molar-refractivity contribution in [3.05, 3.63) is 0 Å². The normalized spacial score (nSPS) is 28.8. The molecule has 0 aliphatic carbocycles. The van der Waals surface area contributed by atoms with E-state index in [1.54, 1.807) is 6.92 Å². The molecule has 0 aromatic carbocycles. The first-order valence-electron chi connectivity index (χ1n) is 5.11. The third kappa shape index (κ3) is 2.07. The zero-order chi connectivity index (χ0) is 10.9. The molecule has 1 aliphatic rings. The lowest BCUT2D eigenvalue weighted by Crippen LogP contribution is -2.66. The van der Waals surface area contributed by atoms with E-state index in [-0.39, 0.29) is 11.4 Å². The third-order valence-corrected chi connectivity index (χ3v) is 3.45. The molecule has 0 bridgehead atoms. The number of hydrogen-bond donors (Lipinski definition) is 1. The average molecular weight is 199 g/mol. The van der Waals surface area contributed by atoms with Crippen molar-refractivity contribution in [2.45, 2.75) is 39.3 Å². The van der Waals surface area contributed by atoms with Crippen LogP contribution < -0.4 is 5.43 Å². The van der Waals surface area contributed by atoms with Gasteiger partial charge in [-0.15, -0.1) is 0 Å². The first-order chi connectivity index (χ1) is 6.35. The molecule has 1 amide bonds. The molecule has 4 heteroatoms. The monoisotopic (exact) mass is 199 g/mol. The molecular formula is C10H21N3O. The third-order valence-electron chi connectivity index (χ3n) is 3.45.